The number of furan rings is 1. The van der Waals surface area contributed by atoms with Gasteiger partial charge in [-0.1, -0.05) is 59.6 Å². The fraction of sp³-hybridized carbons (Fsp3) is 0. The maximum absolute atomic E-state index is 12.2. The van der Waals surface area contributed by atoms with Gasteiger partial charge in [-0.3, -0.25) is 4.79 Å². The van der Waals surface area contributed by atoms with Crippen LogP contribution in [0.2, 0.25) is 10.0 Å². The highest BCUT2D eigenvalue weighted by molar-refractivity contribution is 8.18. The second-order valence-corrected chi connectivity index (χ2v) is 7.44. The van der Waals surface area contributed by atoms with Gasteiger partial charge in [-0.05, 0) is 36.0 Å². The Hall–Kier alpha value is -2.47. The average molecular weight is 415 g/mol. The first kappa shape index (κ1) is 17.9. The molecule has 0 unspecified atom stereocenters. The predicted molar refractivity (Wildman–Crippen MR) is 111 cm³/mol. The minimum absolute atomic E-state index is 0.241. The molecule has 4 nitrogen and oxygen atoms in total. The van der Waals surface area contributed by atoms with Crippen LogP contribution in [-0.2, 0) is 4.79 Å². The fourth-order valence-electron chi connectivity index (χ4n) is 2.49. The normalized spacial score (nSPS) is 16.9. The molecule has 0 aliphatic carbocycles. The molecule has 3 aromatic rings. The highest BCUT2D eigenvalue weighted by Gasteiger charge is 2.24. The van der Waals surface area contributed by atoms with E-state index in [1.807, 2.05) is 42.5 Å². The number of carbonyl (C=O) groups excluding carboxylic acids is 1. The van der Waals surface area contributed by atoms with Crippen LogP contribution in [0.4, 0.5) is 5.69 Å². The molecule has 1 saturated heterocycles. The summed E-state index contributed by atoms with van der Waals surface area (Å²) in [5, 5.41) is 3.91. The molecule has 1 fully saturated rings. The van der Waals surface area contributed by atoms with Crippen molar-refractivity contribution in [3.63, 3.8) is 0 Å². The summed E-state index contributed by atoms with van der Waals surface area (Å²) in [7, 11) is 0. The second-order valence-electron chi connectivity index (χ2n) is 5.62. The molecule has 1 N–H and O–H groups in total. The van der Waals surface area contributed by atoms with Gasteiger partial charge in [0.15, 0.2) is 5.17 Å². The Morgan fingerprint density at radius 1 is 1.00 bits per heavy atom. The number of amidine groups is 1. The predicted octanol–water partition coefficient (Wildman–Crippen LogP) is 6.15. The van der Waals surface area contributed by atoms with Crippen LogP contribution in [0.3, 0.4) is 0 Å². The van der Waals surface area contributed by atoms with Crippen LogP contribution in [0.5, 0.6) is 0 Å². The smallest absolute Gasteiger partial charge is 0.264 e. The molecular formula is C20H12Cl2N2O2S. The van der Waals surface area contributed by atoms with Gasteiger partial charge >= 0.3 is 0 Å². The first-order valence-corrected chi connectivity index (χ1v) is 9.56. The first-order valence-electron chi connectivity index (χ1n) is 7.99. The molecule has 2 aromatic carbocycles. The number of hydrogen-bond donors (Lipinski definition) is 1. The number of nitrogens with one attached hydrogen (secondary N) is 1. The molecule has 27 heavy (non-hydrogen) atoms. The van der Waals surface area contributed by atoms with Gasteiger partial charge in [-0.15, -0.1) is 0 Å². The summed E-state index contributed by atoms with van der Waals surface area (Å²) in [4.78, 5) is 17.1. The van der Waals surface area contributed by atoms with E-state index >= 15 is 0 Å². The Bertz CT molecular complexity index is 1070. The molecule has 4 rings (SSSR count). The first-order chi connectivity index (χ1) is 13.1. The Kier molecular flexibility index (Phi) is 5.07. The quantitative estimate of drug-likeness (QED) is 0.523. The van der Waals surface area contributed by atoms with Crippen molar-refractivity contribution < 1.29 is 9.21 Å². The molecule has 1 aromatic heterocycles. The SMILES string of the molecule is O=C1NC(=Nc2cccc(Cl)c2Cl)S/C1=C/c1ccc(-c2ccccc2)o1. The van der Waals surface area contributed by atoms with Crippen LogP contribution in [0.25, 0.3) is 17.4 Å². The third kappa shape index (κ3) is 3.95. The lowest BCUT2D eigenvalue weighted by molar-refractivity contribution is -0.115. The zero-order valence-electron chi connectivity index (χ0n) is 13.8. The summed E-state index contributed by atoms with van der Waals surface area (Å²) in [5.41, 5.74) is 1.47. The molecule has 0 radical (unpaired) electrons. The second kappa shape index (κ2) is 7.64. The summed E-state index contributed by atoms with van der Waals surface area (Å²) in [6.07, 6.45) is 1.69. The van der Waals surface area contributed by atoms with E-state index in [4.69, 9.17) is 27.6 Å². The summed E-state index contributed by atoms with van der Waals surface area (Å²) in [6, 6.07) is 18.6. The zero-order chi connectivity index (χ0) is 18.8. The van der Waals surface area contributed by atoms with Gasteiger partial charge in [0.25, 0.3) is 5.91 Å². The molecule has 0 spiro atoms. The fourth-order valence-corrected chi connectivity index (χ4v) is 3.64. The number of nitrogens with zero attached hydrogens (tertiary/aromatic N) is 1. The lowest BCUT2D eigenvalue weighted by atomic mass is 10.2. The van der Waals surface area contributed by atoms with E-state index in [0.29, 0.717) is 31.6 Å². The van der Waals surface area contributed by atoms with Crippen molar-refractivity contribution in [3.8, 4) is 11.3 Å². The summed E-state index contributed by atoms with van der Waals surface area (Å²) < 4.78 is 5.82. The van der Waals surface area contributed by atoms with Gasteiger partial charge in [-0.25, -0.2) is 4.99 Å². The number of hydrogen-bond acceptors (Lipinski definition) is 4. The van der Waals surface area contributed by atoms with E-state index in [1.165, 1.54) is 11.8 Å². The van der Waals surface area contributed by atoms with E-state index in [2.05, 4.69) is 10.3 Å². The average Bonchev–Trinajstić information content (AvgIpc) is 3.27. The van der Waals surface area contributed by atoms with Crippen molar-refractivity contribution in [1.82, 2.24) is 5.32 Å². The minimum Gasteiger partial charge on any atom is -0.457 e. The Balaban J connectivity index is 1.57. The number of aliphatic imine (C=N–C) groups is 1. The molecule has 0 saturated carbocycles. The van der Waals surface area contributed by atoms with Crippen LogP contribution in [0.1, 0.15) is 5.76 Å². The molecule has 134 valence electrons. The molecule has 1 aliphatic heterocycles. The van der Waals surface area contributed by atoms with Crippen molar-refractivity contribution >= 4 is 57.8 Å². The maximum Gasteiger partial charge on any atom is 0.264 e. The van der Waals surface area contributed by atoms with Crippen LogP contribution in [-0.4, -0.2) is 11.1 Å². The Labute approximate surface area is 169 Å². The number of thioether (sulfide) groups is 1. The van der Waals surface area contributed by atoms with E-state index in [-0.39, 0.29) is 5.91 Å². The number of halogens is 2. The van der Waals surface area contributed by atoms with Crippen LogP contribution in [0, 0.1) is 0 Å². The molecule has 1 amide bonds. The molecule has 0 bridgehead atoms. The number of carbonyl (C=O) groups is 1. The van der Waals surface area contributed by atoms with Crippen LogP contribution in [0.15, 0.2) is 75.0 Å². The number of benzene rings is 2. The van der Waals surface area contributed by atoms with Crippen molar-refractivity contribution in [2.75, 3.05) is 0 Å². The third-order valence-electron chi connectivity index (χ3n) is 3.76. The lowest BCUT2D eigenvalue weighted by Gasteiger charge is -2.00. The maximum atomic E-state index is 12.2. The highest BCUT2D eigenvalue weighted by atomic mass is 35.5. The van der Waals surface area contributed by atoms with Gasteiger partial charge in [0.05, 0.1) is 20.6 Å². The zero-order valence-corrected chi connectivity index (χ0v) is 16.1. The Morgan fingerprint density at radius 3 is 2.63 bits per heavy atom. The summed E-state index contributed by atoms with van der Waals surface area (Å²) in [6.45, 7) is 0. The highest BCUT2D eigenvalue weighted by Crippen LogP contribution is 2.35. The van der Waals surface area contributed by atoms with Gasteiger partial charge in [-0.2, -0.15) is 0 Å². The van der Waals surface area contributed by atoms with Gasteiger partial charge in [0, 0.05) is 11.6 Å². The van der Waals surface area contributed by atoms with E-state index in [0.717, 1.165) is 11.3 Å². The van der Waals surface area contributed by atoms with Gasteiger partial charge in [0.1, 0.15) is 11.5 Å². The minimum atomic E-state index is -0.241. The molecule has 0 atom stereocenters. The van der Waals surface area contributed by atoms with E-state index in [1.54, 1.807) is 24.3 Å². The van der Waals surface area contributed by atoms with E-state index in [9.17, 15) is 4.79 Å². The summed E-state index contributed by atoms with van der Waals surface area (Å²) in [5.74, 6) is 1.09. The van der Waals surface area contributed by atoms with Crippen molar-refractivity contribution in [2.24, 2.45) is 4.99 Å². The Morgan fingerprint density at radius 2 is 1.81 bits per heavy atom. The molecule has 2 heterocycles. The van der Waals surface area contributed by atoms with Crippen molar-refractivity contribution in [1.29, 1.82) is 0 Å². The monoisotopic (exact) mass is 414 g/mol. The standard InChI is InChI=1S/C20H12Cl2N2O2S/c21-14-7-4-8-15(18(14)22)23-20-24-19(25)17(27-20)11-13-9-10-16(26-13)12-5-2-1-3-6-12/h1-11H,(H,23,24,25)/b17-11+. The van der Waals surface area contributed by atoms with Crippen molar-refractivity contribution in [3.05, 3.63) is 81.4 Å². The molecular weight excluding hydrogens is 403 g/mol. The lowest BCUT2D eigenvalue weighted by Crippen LogP contribution is -2.19. The van der Waals surface area contributed by atoms with E-state index < -0.39 is 0 Å². The van der Waals surface area contributed by atoms with Gasteiger partial charge in [0.2, 0.25) is 0 Å². The van der Waals surface area contributed by atoms with Crippen LogP contribution < -0.4 is 5.32 Å². The van der Waals surface area contributed by atoms with Crippen molar-refractivity contribution in [2.45, 2.75) is 0 Å². The largest absolute Gasteiger partial charge is 0.457 e. The van der Waals surface area contributed by atoms with Crippen LogP contribution >= 0.6 is 35.0 Å². The summed E-state index contributed by atoms with van der Waals surface area (Å²) >= 11 is 13.4. The number of rotatable bonds is 3. The molecule has 7 heteroatoms. The topological polar surface area (TPSA) is 54.6 Å². The molecule has 1 aliphatic rings. The number of amides is 1. The van der Waals surface area contributed by atoms with Gasteiger partial charge < -0.3 is 9.73 Å². The third-order valence-corrected chi connectivity index (χ3v) is 5.48.